The predicted octanol–water partition coefficient (Wildman–Crippen LogP) is 4.52. The van der Waals surface area contributed by atoms with Crippen LogP contribution in [0.4, 0.5) is 0 Å². The molecular formula is C21H26N2O2S. The smallest absolute Gasteiger partial charge is 0.124 e. The maximum absolute atomic E-state index is 10.6. The van der Waals surface area contributed by atoms with Crippen LogP contribution >= 0.6 is 11.3 Å². The second kappa shape index (κ2) is 7.74. The summed E-state index contributed by atoms with van der Waals surface area (Å²) in [6.45, 7) is 5.37. The van der Waals surface area contributed by atoms with Gasteiger partial charge in [0.25, 0.3) is 0 Å². The quantitative estimate of drug-likeness (QED) is 0.621. The first-order valence-electron chi connectivity index (χ1n) is 8.84. The first-order chi connectivity index (χ1) is 12.4. The molecule has 1 N–H and O–H groups in total. The molecule has 0 fully saturated rings. The number of ether oxygens (including phenoxy) is 1. The standard InChI is InChI=1S/C21H26N2O2S/c1-21(2,24)19-18(17-7-5-12-22-20(17)26-19)15-8-10-16(11-9-15)25-14-6-13-23(3)4/h5,7-12,24H,6,13-14H2,1-4H3. The second-order valence-electron chi connectivity index (χ2n) is 7.25. The van der Waals surface area contributed by atoms with Crippen molar-refractivity contribution in [1.82, 2.24) is 9.88 Å². The fourth-order valence-corrected chi connectivity index (χ4v) is 4.11. The zero-order valence-electron chi connectivity index (χ0n) is 15.8. The van der Waals surface area contributed by atoms with Crippen LogP contribution in [0.1, 0.15) is 25.1 Å². The molecule has 0 saturated heterocycles. The Morgan fingerprint density at radius 3 is 2.54 bits per heavy atom. The number of fused-ring (bicyclic) bond motifs is 1. The number of aliphatic hydroxyl groups is 1. The monoisotopic (exact) mass is 370 g/mol. The molecule has 2 heterocycles. The molecule has 1 aromatic carbocycles. The lowest BCUT2D eigenvalue weighted by molar-refractivity contribution is 0.0832. The Labute approximate surface area is 159 Å². The van der Waals surface area contributed by atoms with Gasteiger partial charge in [-0.1, -0.05) is 12.1 Å². The van der Waals surface area contributed by atoms with Crippen molar-refractivity contribution in [1.29, 1.82) is 0 Å². The molecule has 3 rings (SSSR count). The average Bonchev–Trinajstić information content (AvgIpc) is 2.99. The number of thiophene rings is 1. The lowest BCUT2D eigenvalue weighted by Gasteiger charge is -2.18. The number of hydrogen-bond donors (Lipinski definition) is 1. The van der Waals surface area contributed by atoms with Crippen molar-refractivity contribution < 1.29 is 9.84 Å². The molecule has 138 valence electrons. The van der Waals surface area contributed by atoms with E-state index in [0.717, 1.165) is 44.9 Å². The molecule has 0 unspecified atom stereocenters. The van der Waals surface area contributed by atoms with Gasteiger partial charge in [-0.05, 0) is 64.2 Å². The Bertz CT molecular complexity index is 864. The van der Waals surface area contributed by atoms with E-state index < -0.39 is 5.60 Å². The summed E-state index contributed by atoms with van der Waals surface area (Å²) in [5, 5.41) is 11.7. The SMILES string of the molecule is CN(C)CCCOc1ccc(-c2c(C(C)(C)O)sc3ncccc23)cc1. The van der Waals surface area contributed by atoms with E-state index in [1.165, 1.54) is 0 Å². The number of rotatable bonds is 7. The van der Waals surface area contributed by atoms with Crippen molar-refractivity contribution in [2.24, 2.45) is 0 Å². The van der Waals surface area contributed by atoms with E-state index in [0.29, 0.717) is 6.61 Å². The summed E-state index contributed by atoms with van der Waals surface area (Å²) >= 11 is 1.55. The van der Waals surface area contributed by atoms with Crippen molar-refractivity contribution in [3.8, 4) is 16.9 Å². The Hall–Kier alpha value is -1.95. The summed E-state index contributed by atoms with van der Waals surface area (Å²) < 4.78 is 5.83. The lowest BCUT2D eigenvalue weighted by Crippen LogP contribution is -2.15. The molecule has 0 radical (unpaired) electrons. The highest BCUT2D eigenvalue weighted by molar-refractivity contribution is 7.19. The number of benzene rings is 1. The molecule has 0 bridgehead atoms. The van der Waals surface area contributed by atoms with Crippen molar-refractivity contribution in [2.75, 3.05) is 27.2 Å². The fourth-order valence-electron chi connectivity index (χ4n) is 2.94. The van der Waals surface area contributed by atoms with Gasteiger partial charge in [0.2, 0.25) is 0 Å². The molecule has 0 aliphatic rings. The van der Waals surface area contributed by atoms with E-state index in [1.807, 2.05) is 32.0 Å². The van der Waals surface area contributed by atoms with E-state index in [4.69, 9.17) is 4.74 Å². The first kappa shape index (κ1) is 18.8. The molecule has 0 saturated carbocycles. The van der Waals surface area contributed by atoms with Crippen LogP contribution in [0.2, 0.25) is 0 Å². The second-order valence-corrected chi connectivity index (χ2v) is 8.25. The van der Waals surface area contributed by atoms with E-state index in [2.05, 4.69) is 42.2 Å². The Morgan fingerprint density at radius 2 is 1.88 bits per heavy atom. The highest BCUT2D eigenvalue weighted by Crippen LogP contribution is 2.43. The molecule has 0 amide bonds. The number of aromatic nitrogens is 1. The van der Waals surface area contributed by atoms with Gasteiger partial charge < -0.3 is 14.7 Å². The molecule has 0 aliphatic heterocycles. The third-order valence-corrected chi connectivity index (χ3v) is 5.61. The van der Waals surface area contributed by atoms with Crippen LogP contribution < -0.4 is 4.74 Å². The van der Waals surface area contributed by atoms with Crippen LogP contribution in [0.3, 0.4) is 0 Å². The van der Waals surface area contributed by atoms with Gasteiger partial charge in [0.1, 0.15) is 10.6 Å². The van der Waals surface area contributed by atoms with Gasteiger partial charge >= 0.3 is 0 Å². The Kier molecular flexibility index (Phi) is 5.61. The van der Waals surface area contributed by atoms with Gasteiger partial charge in [-0.2, -0.15) is 0 Å². The maximum Gasteiger partial charge on any atom is 0.124 e. The summed E-state index contributed by atoms with van der Waals surface area (Å²) in [5.74, 6) is 0.870. The minimum absolute atomic E-state index is 0.706. The van der Waals surface area contributed by atoms with Crippen LogP contribution in [-0.4, -0.2) is 42.2 Å². The molecule has 0 aliphatic carbocycles. The summed E-state index contributed by atoms with van der Waals surface area (Å²) in [6, 6.07) is 12.1. The minimum atomic E-state index is -0.915. The van der Waals surface area contributed by atoms with Crippen LogP contribution in [0, 0.1) is 0 Å². The topological polar surface area (TPSA) is 45.6 Å². The molecule has 5 heteroatoms. The van der Waals surface area contributed by atoms with E-state index in [1.54, 1.807) is 17.5 Å². The number of pyridine rings is 1. The molecule has 2 aromatic heterocycles. The van der Waals surface area contributed by atoms with E-state index in [9.17, 15) is 5.11 Å². The van der Waals surface area contributed by atoms with Gasteiger partial charge in [-0.3, -0.25) is 0 Å². The van der Waals surface area contributed by atoms with Gasteiger partial charge in [-0.15, -0.1) is 11.3 Å². The van der Waals surface area contributed by atoms with Gasteiger partial charge in [0, 0.05) is 28.6 Å². The molecule has 4 nitrogen and oxygen atoms in total. The largest absolute Gasteiger partial charge is 0.494 e. The average molecular weight is 371 g/mol. The van der Waals surface area contributed by atoms with Crippen molar-refractivity contribution in [3.05, 3.63) is 47.5 Å². The zero-order chi connectivity index (χ0) is 18.7. The molecule has 26 heavy (non-hydrogen) atoms. The van der Waals surface area contributed by atoms with Crippen molar-refractivity contribution >= 4 is 21.6 Å². The van der Waals surface area contributed by atoms with Crippen LogP contribution in [-0.2, 0) is 5.60 Å². The first-order valence-corrected chi connectivity index (χ1v) is 9.66. The number of hydrogen-bond acceptors (Lipinski definition) is 5. The summed E-state index contributed by atoms with van der Waals surface area (Å²) in [6.07, 6.45) is 2.79. The third kappa shape index (κ3) is 4.23. The van der Waals surface area contributed by atoms with Crippen LogP contribution in [0.15, 0.2) is 42.6 Å². The van der Waals surface area contributed by atoms with Gasteiger partial charge in [-0.25, -0.2) is 4.98 Å². The van der Waals surface area contributed by atoms with Gasteiger partial charge in [0.15, 0.2) is 0 Å². The van der Waals surface area contributed by atoms with E-state index in [-0.39, 0.29) is 0 Å². The Morgan fingerprint density at radius 1 is 1.15 bits per heavy atom. The lowest BCUT2D eigenvalue weighted by atomic mass is 9.96. The molecule has 3 aromatic rings. The van der Waals surface area contributed by atoms with Crippen LogP contribution in [0.5, 0.6) is 5.75 Å². The molecule has 0 spiro atoms. The summed E-state index contributed by atoms with van der Waals surface area (Å²) in [5.41, 5.74) is 1.22. The summed E-state index contributed by atoms with van der Waals surface area (Å²) in [7, 11) is 4.13. The minimum Gasteiger partial charge on any atom is -0.494 e. The summed E-state index contributed by atoms with van der Waals surface area (Å²) in [4.78, 5) is 8.50. The normalized spacial score (nSPS) is 12.1. The van der Waals surface area contributed by atoms with Gasteiger partial charge in [0.05, 0.1) is 12.2 Å². The predicted molar refractivity (Wildman–Crippen MR) is 109 cm³/mol. The molecule has 0 atom stereocenters. The number of nitrogens with zero attached hydrogens (tertiary/aromatic N) is 2. The maximum atomic E-state index is 10.6. The molecular weight excluding hydrogens is 344 g/mol. The van der Waals surface area contributed by atoms with Crippen molar-refractivity contribution in [3.63, 3.8) is 0 Å². The Balaban J connectivity index is 1.87. The fraction of sp³-hybridized carbons (Fsp3) is 0.381. The highest BCUT2D eigenvalue weighted by Gasteiger charge is 2.26. The zero-order valence-corrected chi connectivity index (χ0v) is 16.6. The van der Waals surface area contributed by atoms with Crippen molar-refractivity contribution in [2.45, 2.75) is 25.9 Å². The third-order valence-electron chi connectivity index (χ3n) is 4.18. The van der Waals surface area contributed by atoms with Crippen LogP contribution in [0.25, 0.3) is 21.3 Å². The van der Waals surface area contributed by atoms with E-state index >= 15 is 0 Å². The highest BCUT2D eigenvalue weighted by atomic mass is 32.1.